The van der Waals surface area contributed by atoms with E-state index >= 15 is 0 Å². The van der Waals surface area contributed by atoms with Crippen LogP contribution < -0.4 is 0 Å². The van der Waals surface area contributed by atoms with Crippen molar-refractivity contribution in [2.24, 2.45) is 0 Å². The van der Waals surface area contributed by atoms with Gasteiger partial charge in [-0.05, 0) is 49.4 Å². The second-order valence-corrected chi connectivity index (χ2v) is 9.23. The lowest BCUT2D eigenvalue weighted by atomic mass is 9.98. The van der Waals surface area contributed by atoms with Crippen LogP contribution in [0.25, 0.3) is 11.1 Å². The largest absolute Gasteiger partial charge is 0.480 e. The molecule has 0 bridgehead atoms. The number of carboxylic acids is 1. The van der Waals surface area contributed by atoms with Gasteiger partial charge in [0, 0.05) is 18.9 Å². The van der Waals surface area contributed by atoms with E-state index in [9.17, 15) is 14.7 Å². The number of aliphatic carboxylic acids is 1. The molecule has 1 aliphatic carbocycles. The third-order valence-corrected chi connectivity index (χ3v) is 5.93. The fourth-order valence-electron chi connectivity index (χ4n) is 4.67. The quantitative estimate of drug-likeness (QED) is 0.774. The van der Waals surface area contributed by atoms with Crippen LogP contribution in [0.2, 0.25) is 0 Å². The Morgan fingerprint density at radius 1 is 1.03 bits per heavy atom. The Morgan fingerprint density at radius 3 is 2.16 bits per heavy atom. The summed E-state index contributed by atoms with van der Waals surface area (Å²) in [5, 5.41) is 9.71. The van der Waals surface area contributed by atoms with Crippen molar-refractivity contribution in [2.75, 3.05) is 13.2 Å². The van der Waals surface area contributed by atoms with Crippen molar-refractivity contribution in [3.63, 3.8) is 0 Å². The normalized spacial score (nSPS) is 20.8. The second-order valence-electron chi connectivity index (χ2n) is 9.23. The molecule has 1 heterocycles. The summed E-state index contributed by atoms with van der Waals surface area (Å²) < 4.78 is 11.6. The molecule has 1 N–H and O–H groups in total. The van der Waals surface area contributed by atoms with Crippen LogP contribution in [0.4, 0.5) is 4.79 Å². The van der Waals surface area contributed by atoms with Crippen molar-refractivity contribution in [2.45, 2.75) is 57.3 Å². The maximum atomic E-state index is 12.9. The van der Waals surface area contributed by atoms with Crippen molar-refractivity contribution < 1.29 is 24.2 Å². The van der Waals surface area contributed by atoms with Crippen LogP contribution in [0, 0.1) is 0 Å². The van der Waals surface area contributed by atoms with Crippen LogP contribution >= 0.6 is 0 Å². The van der Waals surface area contributed by atoms with Crippen LogP contribution in [0.15, 0.2) is 48.5 Å². The molecule has 6 nitrogen and oxygen atoms in total. The summed E-state index contributed by atoms with van der Waals surface area (Å²) in [5.74, 6) is -1.09. The highest BCUT2D eigenvalue weighted by Gasteiger charge is 2.39. The molecule has 2 aromatic carbocycles. The van der Waals surface area contributed by atoms with Crippen molar-refractivity contribution in [3.8, 4) is 11.1 Å². The number of ether oxygens (including phenoxy) is 2. The Morgan fingerprint density at radius 2 is 1.61 bits per heavy atom. The number of hydrogen-bond donors (Lipinski definition) is 1. The first-order valence-electron chi connectivity index (χ1n) is 10.8. The van der Waals surface area contributed by atoms with Gasteiger partial charge in [0.25, 0.3) is 0 Å². The number of amides is 1. The van der Waals surface area contributed by atoms with Gasteiger partial charge in [0.1, 0.15) is 12.6 Å². The van der Waals surface area contributed by atoms with Gasteiger partial charge in [-0.25, -0.2) is 9.59 Å². The van der Waals surface area contributed by atoms with Gasteiger partial charge in [-0.2, -0.15) is 0 Å². The zero-order valence-electron chi connectivity index (χ0n) is 18.2. The van der Waals surface area contributed by atoms with E-state index in [0.29, 0.717) is 13.0 Å². The highest BCUT2D eigenvalue weighted by atomic mass is 16.6. The van der Waals surface area contributed by atoms with Crippen LogP contribution in [0.5, 0.6) is 0 Å². The van der Waals surface area contributed by atoms with Gasteiger partial charge < -0.3 is 14.6 Å². The van der Waals surface area contributed by atoms with Crippen LogP contribution in [0.1, 0.15) is 50.7 Å². The number of carbonyl (C=O) groups is 2. The fourth-order valence-corrected chi connectivity index (χ4v) is 4.67. The standard InChI is InChI=1S/C25H29NO5/c1-25(2,3)31-16-12-13-26(22(14-16)23(27)28)24(29)30-15-21-19-10-6-4-8-17(19)18-9-5-7-11-20(18)21/h4-11,16,21-22H,12-15H2,1-3H3,(H,27,28)/t16-,22+/m1/s1. The molecule has 31 heavy (non-hydrogen) atoms. The summed E-state index contributed by atoms with van der Waals surface area (Å²) in [6.45, 7) is 6.31. The van der Waals surface area contributed by atoms with Crippen LogP contribution in [-0.4, -0.2) is 53.0 Å². The molecular formula is C25H29NO5. The van der Waals surface area contributed by atoms with E-state index in [-0.39, 0.29) is 30.7 Å². The Bertz CT molecular complexity index is 934. The van der Waals surface area contributed by atoms with Crippen molar-refractivity contribution in [3.05, 3.63) is 59.7 Å². The molecule has 6 heteroatoms. The monoisotopic (exact) mass is 423 g/mol. The predicted molar refractivity (Wildman–Crippen MR) is 117 cm³/mol. The molecule has 2 atom stereocenters. The summed E-state index contributed by atoms with van der Waals surface area (Å²) in [6.07, 6.45) is 0.0735. The lowest BCUT2D eigenvalue weighted by Crippen LogP contribution is -2.53. The highest BCUT2D eigenvalue weighted by Crippen LogP contribution is 2.44. The van der Waals surface area contributed by atoms with Gasteiger partial charge in [0.2, 0.25) is 0 Å². The summed E-state index contributed by atoms with van der Waals surface area (Å²) in [5.41, 5.74) is 4.21. The third kappa shape index (κ3) is 4.44. The topological polar surface area (TPSA) is 76.1 Å². The second kappa shape index (κ2) is 8.35. The van der Waals surface area contributed by atoms with E-state index in [2.05, 4.69) is 24.3 Å². The number of likely N-dealkylation sites (tertiary alicyclic amines) is 1. The number of rotatable bonds is 4. The van der Waals surface area contributed by atoms with Gasteiger partial charge in [0.05, 0.1) is 11.7 Å². The predicted octanol–water partition coefficient (Wildman–Crippen LogP) is 4.67. The molecule has 1 saturated heterocycles. The van der Waals surface area contributed by atoms with E-state index in [4.69, 9.17) is 9.47 Å². The summed E-state index contributed by atoms with van der Waals surface area (Å²) in [6, 6.07) is 15.3. The molecule has 1 aliphatic heterocycles. The van der Waals surface area contributed by atoms with Gasteiger partial charge in [0.15, 0.2) is 0 Å². The number of hydrogen-bond acceptors (Lipinski definition) is 4. The summed E-state index contributed by atoms with van der Waals surface area (Å²) >= 11 is 0. The van der Waals surface area contributed by atoms with E-state index in [1.165, 1.54) is 4.90 Å². The number of carbonyl (C=O) groups excluding carboxylic acids is 1. The number of fused-ring (bicyclic) bond motifs is 3. The first-order valence-corrected chi connectivity index (χ1v) is 10.8. The molecule has 0 unspecified atom stereocenters. The van der Waals surface area contributed by atoms with E-state index in [1.54, 1.807) is 0 Å². The minimum absolute atomic E-state index is 0.0543. The van der Waals surface area contributed by atoms with E-state index in [1.807, 2.05) is 45.0 Å². The van der Waals surface area contributed by atoms with E-state index in [0.717, 1.165) is 22.3 Å². The molecule has 1 amide bonds. The molecule has 0 aromatic heterocycles. The summed E-state index contributed by atoms with van der Waals surface area (Å²) in [7, 11) is 0. The van der Waals surface area contributed by atoms with E-state index < -0.39 is 18.1 Å². The first-order chi connectivity index (χ1) is 14.7. The maximum Gasteiger partial charge on any atom is 0.410 e. The highest BCUT2D eigenvalue weighted by molar-refractivity contribution is 5.81. The molecule has 0 radical (unpaired) electrons. The third-order valence-electron chi connectivity index (χ3n) is 5.93. The van der Waals surface area contributed by atoms with Crippen LogP contribution in [0.3, 0.4) is 0 Å². The average Bonchev–Trinajstić information content (AvgIpc) is 3.04. The van der Waals surface area contributed by atoms with Crippen molar-refractivity contribution >= 4 is 12.1 Å². The molecule has 1 fully saturated rings. The molecule has 2 aromatic rings. The molecule has 0 saturated carbocycles. The molecule has 2 aliphatic rings. The fraction of sp³-hybridized carbons (Fsp3) is 0.440. The van der Waals surface area contributed by atoms with Gasteiger partial charge in [-0.15, -0.1) is 0 Å². The molecule has 4 rings (SSSR count). The number of carboxylic acid groups (broad SMARTS) is 1. The zero-order valence-corrected chi connectivity index (χ0v) is 18.2. The summed E-state index contributed by atoms with van der Waals surface area (Å²) in [4.78, 5) is 26.1. The van der Waals surface area contributed by atoms with Crippen LogP contribution in [-0.2, 0) is 14.3 Å². The maximum absolute atomic E-state index is 12.9. The average molecular weight is 424 g/mol. The number of piperidine rings is 1. The van der Waals surface area contributed by atoms with Gasteiger partial charge >= 0.3 is 12.1 Å². The molecule has 0 spiro atoms. The lowest BCUT2D eigenvalue weighted by molar-refractivity contribution is -0.150. The zero-order chi connectivity index (χ0) is 22.2. The smallest absolute Gasteiger partial charge is 0.410 e. The van der Waals surface area contributed by atoms with Crippen molar-refractivity contribution in [1.29, 1.82) is 0 Å². The Balaban J connectivity index is 1.46. The molecule has 164 valence electrons. The lowest BCUT2D eigenvalue weighted by Gasteiger charge is -2.38. The Labute approximate surface area is 182 Å². The Hall–Kier alpha value is -2.86. The van der Waals surface area contributed by atoms with Gasteiger partial charge in [-0.1, -0.05) is 48.5 Å². The number of benzene rings is 2. The van der Waals surface area contributed by atoms with Gasteiger partial charge in [-0.3, -0.25) is 4.90 Å². The number of nitrogens with zero attached hydrogens (tertiary/aromatic N) is 1. The van der Waals surface area contributed by atoms with Crippen molar-refractivity contribution in [1.82, 2.24) is 4.90 Å². The first kappa shape index (κ1) is 21.4. The minimum atomic E-state index is -1.03. The Kier molecular flexibility index (Phi) is 5.75. The minimum Gasteiger partial charge on any atom is -0.480 e. The SMILES string of the molecule is CC(C)(C)O[C@@H]1CCN(C(=O)OCC2c3ccccc3-c3ccccc32)[C@H](C(=O)O)C1. The molecular weight excluding hydrogens is 394 g/mol.